The molecule has 0 radical (unpaired) electrons. The standard InChI is InChI=1S/C29H23F4N3O3/c1-15-25(39-27(35-15)16-4-7-18(30)8-5-16)14-36-24-10-17(6-9-21(24)29(2,3)28(36)38)26(37)34-13-20-22(32)11-19(31)12-23(20)33/h4-12H,13-14H2,1-3H3,(H,34,37). The normalized spacial score (nSPS) is 14.0. The molecule has 6 nitrogen and oxygen atoms in total. The van der Waals surface area contributed by atoms with E-state index in [1.807, 2.05) is 0 Å². The number of hydrogen-bond donors (Lipinski definition) is 1. The maximum absolute atomic E-state index is 14.0. The summed E-state index contributed by atoms with van der Waals surface area (Å²) in [7, 11) is 0. The Labute approximate surface area is 221 Å². The Morgan fingerprint density at radius 2 is 1.64 bits per heavy atom. The van der Waals surface area contributed by atoms with Crippen molar-refractivity contribution in [1.82, 2.24) is 10.3 Å². The van der Waals surface area contributed by atoms with Crippen LogP contribution in [0.2, 0.25) is 0 Å². The second-order valence-corrected chi connectivity index (χ2v) is 9.81. The van der Waals surface area contributed by atoms with Gasteiger partial charge in [0, 0.05) is 41.1 Å². The Bertz CT molecular complexity index is 1590. The first-order chi connectivity index (χ1) is 18.5. The molecule has 1 aliphatic rings. The lowest BCUT2D eigenvalue weighted by Crippen LogP contribution is -2.35. The summed E-state index contributed by atoms with van der Waals surface area (Å²) in [6.45, 7) is 4.81. The van der Waals surface area contributed by atoms with E-state index in [-0.39, 0.29) is 23.9 Å². The molecule has 0 saturated carbocycles. The molecule has 5 rings (SSSR count). The third kappa shape index (κ3) is 4.78. The Kier molecular flexibility index (Phi) is 6.49. The zero-order valence-corrected chi connectivity index (χ0v) is 21.2. The number of halogens is 4. The van der Waals surface area contributed by atoms with Gasteiger partial charge >= 0.3 is 0 Å². The monoisotopic (exact) mass is 537 g/mol. The van der Waals surface area contributed by atoms with Crippen LogP contribution in [-0.4, -0.2) is 16.8 Å². The minimum absolute atomic E-state index is 0.0341. The number of hydrogen-bond acceptors (Lipinski definition) is 4. The molecule has 0 bridgehead atoms. The summed E-state index contributed by atoms with van der Waals surface area (Å²) in [5, 5.41) is 2.44. The van der Waals surface area contributed by atoms with Gasteiger partial charge in [0.2, 0.25) is 11.8 Å². The number of nitrogens with one attached hydrogen (secondary N) is 1. The van der Waals surface area contributed by atoms with E-state index in [1.54, 1.807) is 39.0 Å². The quantitative estimate of drug-likeness (QED) is 0.308. The third-order valence-corrected chi connectivity index (χ3v) is 6.82. The van der Waals surface area contributed by atoms with Crippen molar-refractivity contribution in [2.45, 2.75) is 39.3 Å². The van der Waals surface area contributed by atoms with Crippen molar-refractivity contribution in [3.8, 4) is 11.5 Å². The van der Waals surface area contributed by atoms with Crippen LogP contribution in [0.3, 0.4) is 0 Å². The molecular weight excluding hydrogens is 514 g/mol. The minimum Gasteiger partial charge on any atom is -0.439 e. The highest BCUT2D eigenvalue weighted by Crippen LogP contribution is 2.43. The van der Waals surface area contributed by atoms with Crippen molar-refractivity contribution in [3.05, 3.63) is 106 Å². The number of fused-ring (bicyclic) bond motifs is 1. The van der Waals surface area contributed by atoms with Gasteiger partial charge in [-0.2, -0.15) is 0 Å². The number of aryl methyl sites for hydroxylation is 1. The molecule has 39 heavy (non-hydrogen) atoms. The molecule has 1 N–H and O–H groups in total. The smallest absolute Gasteiger partial charge is 0.251 e. The second kappa shape index (κ2) is 9.68. The molecule has 0 saturated heterocycles. The number of aromatic nitrogens is 1. The maximum Gasteiger partial charge on any atom is 0.251 e. The van der Waals surface area contributed by atoms with Crippen LogP contribution in [0.25, 0.3) is 11.5 Å². The average Bonchev–Trinajstić information content (AvgIpc) is 3.33. The SMILES string of the molecule is Cc1nc(-c2ccc(F)cc2)oc1CN1C(=O)C(C)(C)c2ccc(C(=O)NCc3c(F)cc(F)cc3F)cc21. The highest BCUT2D eigenvalue weighted by molar-refractivity contribution is 6.08. The molecule has 200 valence electrons. The lowest BCUT2D eigenvalue weighted by Gasteiger charge is -2.19. The summed E-state index contributed by atoms with van der Waals surface area (Å²) in [4.78, 5) is 32.2. The van der Waals surface area contributed by atoms with E-state index in [0.29, 0.717) is 40.4 Å². The van der Waals surface area contributed by atoms with Crippen LogP contribution in [0.5, 0.6) is 0 Å². The van der Waals surface area contributed by atoms with Gasteiger partial charge in [0.15, 0.2) is 0 Å². The summed E-state index contributed by atoms with van der Waals surface area (Å²) in [5.74, 6) is -3.82. The Balaban J connectivity index is 1.41. The first-order valence-corrected chi connectivity index (χ1v) is 12.1. The number of oxazole rings is 1. The van der Waals surface area contributed by atoms with E-state index in [1.165, 1.54) is 29.2 Å². The minimum atomic E-state index is -1.11. The summed E-state index contributed by atoms with van der Waals surface area (Å²) in [6, 6.07) is 11.5. The molecule has 0 aliphatic carbocycles. The third-order valence-electron chi connectivity index (χ3n) is 6.82. The predicted molar refractivity (Wildman–Crippen MR) is 135 cm³/mol. The number of anilines is 1. The lowest BCUT2D eigenvalue weighted by molar-refractivity contribution is -0.122. The topological polar surface area (TPSA) is 75.4 Å². The van der Waals surface area contributed by atoms with Gasteiger partial charge in [-0.15, -0.1) is 0 Å². The van der Waals surface area contributed by atoms with Gasteiger partial charge in [0.1, 0.15) is 29.0 Å². The predicted octanol–water partition coefficient (Wildman–Crippen LogP) is 5.96. The van der Waals surface area contributed by atoms with E-state index in [9.17, 15) is 27.2 Å². The number of carbonyl (C=O) groups is 2. The number of carbonyl (C=O) groups excluding carboxylic acids is 2. The van der Waals surface area contributed by atoms with E-state index < -0.39 is 46.7 Å². The van der Waals surface area contributed by atoms with Crippen LogP contribution in [0, 0.1) is 30.2 Å². The van der Waals surface area contributed by atoms with Gasteiger partial charge in [-0.25, -0.2) is 22.5 Å². The summed E-state index contributed by atoms with van der Waals surface area (Å²) < 4.78 is 60.4. The van der Waals surface area contributed by atoms with E-state index in [2.05, 4.69) is 10.3 Å². The fourth-order valence-electron chi connectivity index (χ4n) is 4.59. The molecule has 3 aromatic carbocycles. The number of rotatable bonds is 6. The maximum atomic E-state index is 14.0. The van der Waals surface area contributed by atoms with Gasteiger partial charge in [-0.05, 0) is 62.7 Å². The fourth-order valence-corrected chi connectivity index (χ4v) is 4.59. The van der Waals surface area contributed by atoms with Gasteiger partial charge in [-0.3, -0.25) is 9.59 Å². The van der Waals surface area contributed by atoms with Crippen molar-refractivity contribution < 1.29 is 31.6 Å². The van der Waals surface area contributed by atoms with Crippen LogP contribution in [0.1, 0.15) is 46.8 Å². The molecule has 10 heteroatoms. The Hall–Kier alpha value is -4.47. The molecule has 4 aromatic rings. The molecule has 0 unspecified atom stereocenters. The van der Waals surface area contributed by atoms with Crippen molar-refractivity contribution in [2.24, 2.45) is 0 Å². The largest absolute Gasteiger partial charge is 0.439 e. The zero-order valence-electron chi connectivity index (χ0n) is 21.2. The van der Waals surface area contributed by atoms with Crippen LogP contribution in [0.4, 0.5) is 23.2 Å². The lowest BCUT2D eigenvalue weighted by atomic mass is 9.86. The molecule has 2 heterocycles. The summed E-state index contributed by atoms with van der Waals surface area (Å²) >= 11 is 0. The number of benzene rings is 3. The van der Waals surface area contributed by atoms with Crippen molar-refractivity contribution in [3.63, 3.8) is 0 Å². The van der Waals surface area contributed by atoms with Crippen molar-refractivity contribution in [1.29, 1.82) is 0 Å². The highest BCUT2D eigenvalue weighted by atomic mass is 19.1. The zero-order chi connectivity index (χ0) is 28.1. The first-order valence-electron chi connectivity index (χ1n) is 12.1. The van der Waals surface area contributed by atoms with Gasteiger partial charge in [-0.1, -0.05) is 6.07 Å². The molecule has 2 amide bonds. The van der Waals surface area contributed by atoms with Crippen LogP contribution in [0.15, 0.2) is 59.0 Å². The molecule has 1 aromatic heterocycles. The summed E-state index contributed by atoms with van der Waals surface area (Å²) in [5.41, 5.74) is 1.10. The number of amides is 2. The van der Waals surface area contributed by atoms with Gasteiger partial charge < -0.3 is 14.6 Å². The summed E-state index contributed by atoms with van der Waals surface area (Å²) in [6.07, 6.45) is 0. The van der Waals surface area contributed by atoms with E-state index in [4.69, 9.17) is 4.42 Å². The second-order valence-electron chi connectivity index (χ2n) is 9.81. The molecule has 0 atom stereocenters. The first kappa shape index (κ1) is 26.1. The van der Waals surface area contributed by atoms with Gasteiger partial charge in [0.05, 0.1) is 17.7 Å². The average molecular weight is 538 g/mol. The Morgan fingerprint density at radius 3 is 2.31 bits per heavy atom. The van der Waals surface area contributed by atoms with Gasteiger partial charge in [0.25, 0.3) is 5.91 Å². The van der Waals surface area contributed by atoms with Crippen LogP contribution >= 0.6 is 0 Å². The van der Waals surface area contributed by atoms with E-state index >= 15 is 0 Å². The molecule has 0 spiro atoms. The fraction of sp³-hybridized carbons (Fsp3) is 0.207. The van der Waals surface area contributed by atoms with Crippen LogP contribution < -0.4 is 10.2 Å². The van der Waals surface area contributed by atoms with Crippen LogP contribution in [-0.2, 0) is 23.3 Å². The number of nitrogens with zero attached hydrogens (tertiary/aromatic N) is 2. The van der Waals surface area contributed by atoms with Crippen molar-refractivity contribution >= 4 is 17.5 Å². The molecular formula is C29H23F4N3O3. The molecule has 1 aliphatic heterocycles. The van der Waals surface area contributed by atoms with E-state index in [0.717, 1.165) is 0 Å². The Morgan fingerprint density at radius 1 is 0.974 bits per heavy atom. The highest BCUT2D eigenvalue weighted by Gasteiger charge is 2.44. The molecule has 0 fully saturated rings. The van der Waals surface area contributed by atoms with Crippen molar-refractivity contribution in [2.75, 3.05) is 4.90 Å².